The highest BCUT2D eigenvalue weighted by atomic mass is 32.2. The van der Waals surface area contributed by atoms with E-state index in [4.69, 9.17) is 0 Å². The van der Waals surface area contributed by atoms with E-state index in [1.807, 2.05) is 0 Å². The van der Waals surface area contributed by atoms with Crippen molar-refractivity contribution in [1.82, 2.24) is 0 Å². The average molecular weight is 281 g/mol. The Labute approximate surface area is 110 Å². The lowest BCUT2D eigenvalue weighted by Crippen LogP contribution is -2.09. The third kappa shape index (κ3) is 3.45. The van der Waals surface area contributed by atoms with Gasteiger partial charge in [0.2, 0.25) is 10.0 Å². The van der Waals surface area contributed by atoms with Crippen LogP contribution in [0, 0.1) is 5.82 Å². The fourth-order valence-corrected chi connectivity index (χ4v) is 2.22. The van der Waals surface area contributed by atoms with Crippen molar-refractivity contribution in [3.63, 3.8) is 0 Å². The summed E-state index contributed by atoms with van der Waals surface area (Å²) < 4.78 is 37.6. The number of rotatable bonds is 3. The van der Waals surface area contributed by atoms with E-state index in [0.29, 0.717) is 16.8 Å². The molecule has 4 nitrogen and oxygen atoms in total. The zero-order chi connectivity index (χ0) is 14.0. The van der Waals surface area contributed by atoms with Gasteiger partial charge in [-0.05, 0) is 35.4 Å². The number of halogens is 1. The lowest BCUT2D eigenvalue weighted by atomic mass is 10.0. The first-order valence-corrected chi connectivity index (χ1v) is 7.31. The van der Waals surface area contributed by atoms with Gasteiger partial charge in [-0.25, -0.2) is 12.8 Å². The molecule has 0 aliphatic rings. The Balaban J connectivity index is 2.40. The van der Waals surface area contributed by atoms with Crippen LogP contribution in [0.3, 0.4) is 0 Å². The zero-order valence-electron chi connectivity index (χ0n) is 10.1. The van der Waals surface area contributed by atoms with Crippen molar-refractivity contribution in [1.29, 1.82) is 0 Å². The first kappa shape index (κ1) is 13.4. The van der Waals surface area contributed by atoms with Crippen molar-refractivity contribution >= 4 is 15.7 Å². The maximum Gasteiger partial charge on any atom is 0.229 e. The van der Waals surface area contributed by atoms with Gasteiger partial charge in [0.1, 0.15) is 0 Å². The minimum absolute atomic E-state index is 0.406. The van der Waals surface area contributed by atoms with E-state index in [9.17, 15) is 17.9 Å². The molecular formula is C13H12FNO3S. The lowest BCUT2D eigenvalue weighted by molar-refractivity contribution is 0.433. The molecule has 0 fully saturated rings. The molecular weight excluding hydrogens is 269 g/mol. The second-order valence-electron chi connectivity index (χ2n) is 4.12. The summed E-state index contributed by atoms with van der Waals surface area (Å²) in [6, 6.07) is 10.6. The molecule has 0 spiro atoms. The molecule has 2 aromatic rings. The number of nitrogens with one attached hydrogen (secondary N) is 1. The second-order valence-corrected chi connectivity index (χ2v) is 5.87. The van der Waals surface area contributed by atoms with Crippen molar-refractivity contribution in [3.05, 3.63) is 48.3 Å². The number of benzene rings is 2. The third-order valence-corrected chi connectivity index (χ3v) is 3.05. The van der Waals surface area contributed by atoms with Gasteiger partial charge in [0.05, 0.1) is 6.26 Å². The van der Waals surface area contributed by atoms with E-state index in [0.717, 1.165) is 12.3 Å². The molecule has 0 saturated carbocycles. The van der Waals surface area contributed by atoms with Crippen LogP contribution >= 0.6 is 0 Å². The minimum atomic E-state index is -3.35. The zero-order valence-corrected chi connectivity index (χ0v) is 10.9. The van der Waals surface area contributed by atoms with Crippen LogP contribution < -0.4 is 4.72 Å². The van der Waals surface area contributed by atoms with Crippen molar-refractivity contribution in [2.75, 3.05) is 11.0 Å². The molecule has 0 bridgehead atoms. The summed E-state index contributed by atoms with van der Waals surface area (Å²) in [5, 5.41) is 9.33. The van der Waals surface area contributed by atoms with Crippen LogP contribution in [0.15, 0.2) is 42.5 Å². The van der Waals surface area contributed by atoms with Crippen LogP contribution in [0.2, 0.25) is 0 Å². The lowest BCUT2D eigenvalue weighted by Gasteiger charge is -2.07. The maximum absolute atomic E-state index is 13.0. The SMILES string of the molecule is CS(=O)(=O)Nc1cccc(-c2ccc(F)c(O)c2)c1. The molecule has 0 aliphatic carbocycles. The largest absolute Gasteiger partial charge is 0.505 e. The van der Waals surface area contributed by atoms with Gasteiger partial charge < -0.3 is 5.11 Å². The quantitative estimate of drug-likeness (QED) is 0.908. The fourth-order valence-electron chi connectivity index (χ4n) is 1.67. The standard InChI is InChI=1S/C13H12FNO3S/c1-19(17,18)15-11-4-2-3-9(7-11)10-5-6-12(14)13(16)8-10/h2-8,15-16H,1H3. The number of anilines is 1. The van der Waals surface area contributed by atoms with E-state index in [1.165, 1.54) is 12.1 Å². The van der Waals surface area contributed by atoms with E-state index < -0.39 is 21.6 Å². The van der Waals surface area contributed by atoms with Gasteiger partial charge in [-0.3, -0.25) is 4.72 Å². The van der Waals surface area contributed by atoms with Crippen molar-refractivity contribution in [3.8, 4) is 16.9 Å². The number of phenols is 1. The van der Waals surface area contributed by atoms with Crippen LogP contribution in [0.25, 0.3) is 11.1 Å². The monoisotopic (exact) mass is 281 g/mol. The Morgan fingerprint density at radius 3 is 2.42 bits per heavy atom. The van der Waals surface area contributed by atoms with E-state index in [1.54, 1.807) is 24.3 Å². The molecule has 2 N–H and O–H groups in total. The number of phenolic OH excluding ortho intramolecular Hbond substituents is 1. The molecule has 19 heavy (non-hydrogen) atoms. The predicted octanol–water partition coefficient (Wildman–Crippen LogP) is 2.57. The van der Waals surface area contributed by atoms with E-state index in [2.05, 4.69) is 4.72 Å². The van der Waals surface area contributed by atoms with Gasteiger partial charge in [-0.15, -0.1) is 0 Å². The molecule has 2 aromatic carbocycles. The number of aromatic hydroxyl groups is 1. The maximum atomic E-state index is 13.0. The summed E-state index contributed by atoms with van der Waals surface area (Å²) in [5.41, 5.74) is 1.67. The normalized spacial score (nSPS) is 11.3. The van der Waals surface area contributed by atoms with Gasteiger partial charge in [0, 0.05) is 5.69 Å². The molecule has 6 heteroatoms. The second kappa shape index (κ2) is 4.89. The van der Waals surface area contributed by atoms with Gasteiger partial charge in [0.25, 0.3) is 0 Å². The van der Waals surface area contributed by atoms with Crippen molar-refractivity contribution < 1.29 is 17.9 Å². The molecule has 0 aliphatic heterocycles. The summed E-state index contributed by atoms with van der Waals surface area (Å²) in [7, 11) is -3.35. The summed E-state index contributed by atoms with van der Waals surface area (Å²) in [4.78, 5) is 0. The minimum Gasteiger partial charge on any atom is -0.505 e. The van der Waals surface area contributed by atoms with Crippen molar-refractivity contribution in [2.45, 2.75) is 0 Å². The highest BCUT2D eigenvalue weighted by Gasteiger charge is 2.06. The Morgan fingerprint density at radius 2 is 1.79 bits per heavy atom. The molecule has 100 valence electrons. The van der Waals surface area contributed by atoms with Gasteiger partial charge in [-0.1, -0.05) is 18.2 Å². The first-order chi connectivity index (χ1) is 8.85. The van der Waals surface area contributed by atoms with Gasteiger partial charge in [0.15, 0.2) is 11.6 Å². The first-order valence-electron chi connectivity index (χ1n) is 5.42. The van der Waals surface area contributed by atoms with Crippen LogP contribution in [0.1, 0.15) is 0 Å². The Hall–Kier alpha value is -2.08. The van der Waals surface area contributed by atoms with Crippen LogP contribution in [0.4, 0.5) is 10.1 Å². The van der Waals surface area contributed by atoms with E-state index in [-0.39, 0.29) is 0 Å². The van der Waals surface area contributed by atoms with Gasteiger partial charge >= 0.3 is 0 Å². The molecule has 0 amide bonds. The van der Waals surface area contributed by atoms with E-state index >= 15 is 0 Å². The predicted molar refractivity (Wildman–Crippen MR) is 72.0 cm³/mol. The summed E-state index contributed by atoms with van der Waals surface area (Å²) in [6.07, 6.45) is 1.06. The summed E-state index contributed by atoms with van der Waals surface area (Å²) >= 11 is 0. The molecule has 0 aromatic heterocycles. The number of sulfonamides is 1. The fraction of sp³-hybridized carbons (Fsp3) is 0.0769. The summed E-state index contributed by atoms with van der Waals surface area (Å²) in [6.45, 7) is 0. The third-order valence-electron chi connectivity index (χ3n) is 2.45. The smallest absolute Gasteiger partial charge is 0.229 e. The number of hydrogen-bond acceptors (Lipinski definition) is 3. The Kier molecular flexibility index (Phi) is 3.44. The molecule has 0 saturated heterocycles. The Morgan fingerprint density at radius 1 is 1.11 bits per heavy atom. The molecule has 0 radical (unpaired) electrons. The van der Waals surface area contributed by atoms with Crippen LogP contribution in [-0.2, 0) is 10.0 Å². The molecule has 0 unspecified atom stereocenters. The van der Waals surface area contributed by atoms with Crippen LogP contribution in [-0.4, -0.2) is 19.8 Å². The highest BCUT2D eigenvalue weighted by Crippen LogP contribution is 2.27. The van der Waals surface area contributed by atoms with Gasteiger partial charge in [-0.2, -0.15) is 0 Å². The number of hydrogen-bond donors (Lipinski definition) is 2. The molecule has 2 rings (SSSR count). The molecule has 0 heterocycles. The summed E-state index contributed by atoms with van der Waals surface area (Å²) in [5.74, 6) is -1.15. The Bertz CT molecular complexity index is 714. The molecule has 0 atom stereocenters. The van der Waals surface area contributed by atoms with Crippen molar-refractivity contribution in [2.24, 2.45) is 0 Å². The average Bonchev–Trinajstić information content (AvgIpc) is 2.31. The highest BCUT2D eigenvalue weighted by molar-refractivity contribution is 7.92. The van der Waals surface area contributed by atoms with Crippen LogP contribution in [0.5, 0.6) is 5.75 Å². The topological polar surface area (TPSA) is 66.4 Å².